The van der Waals surface area contributed by atoms with Crippen molar-refractivity contribution in [1.82, 2.24) is 10.2 Å². The molecule has 154 valence electrons. The Kier molecular flexibility index (Phi) is 7.79. The minimum absolute atomic E-state index is 0.210. The van der Waals surface area contributed by atoms with Crippen molar-refractivity contribution in [2.24, 2.45) is 10.2 Å². The minimum Gasteiger partial charge on any atom is -0.492 e. The number of carbonyl (C=O) groups excluding carboxylic acids is 2. The SMILES string of the molecule is COC(=O)/C=C1/S/C(=N\N=Cc2cccc(OCCN3CCOCC3)c2)NC1=O. The maximum absolute atomic E-state index is 11.8. The van der Waals surface area contributed by atoms with Crippen LogP contribution in [-0.2, 0) is 19.1 Å². The normalized spacial score (nSPS) is 20.4. The van der Waals surface area contributed by atoms with Crippen molar-refractivity contribution in [2.75, 3.05) is 46.6 Å². The quantitative estimate of drug-likeness (QED) is 0.305. The molecule has 2 heterocycles. The van der Waals surface area contributed by atoms with E-state index in [0.29, 0.717) is 11.8 Å². The van der Waals surface area contributed by atoms with Gasteiger partial charge >= 0.3 is 5.97 Å². The van der Waals surface area contributed by atoms with E-state index in [-0.39, 0.29) is 4.91 Å². The third kappa shape index (κ3) is 6.70. The van der Waals surface area contributed by atoms with E-state index >= 15 is 0 Å². The third-order valence-corrected chi connectivity index (χ3v) is 4.99. The molecule has 3 rings (SSSR count). The number of hydrogen-bond acceptors (Lipinski definition) is 9. The predicted octanol–water partition coefficient (Wildman–Crippen LogP) is 1.01. The lowest BCUT2D eigenvalue weighted by Gasteiger charge is -2.26. The molecule has 1 amide bonds. The fraction of sp³-hybridized carbons (Fsp3) is 0.368. The Morgan fingerprint density at radius 2 is 2.21 bits per heavy atom. The van der Waals surface area contributed by atoms with Crippen LogP contribution in [0.25, 0.3) is 0 Å². The van der Waals surface area contributed by atoms with E-state index in [0.717, 1.165) is 62.0 Å². The van der Waals surface area contributed by atoms with Gasteiger partial charge in [-0.2, -0.15) is 5.10 Å². The second kappa shape index (κ2) is 10.7. The van der Waals surface area contributed by atoms with Gasteiger partial charge < -0.3 is 14.2 Å². The molecule has 0 aliphatic carbocycles. The molecule has 0 atom stereocenters. The highest BCUT2D eigenvalue weighted by molar-refractivity contribution is 8.18. The van der Waals surface area contributed by atoms with Crippen LogP contribution >= 0.6 is 11.8 Å². The summed E-state index contributed by atoms with van der Waals surface area (Å²) in [6.45, 7) is 4.86. The second-order valence-electron chi connectivity index (χ2n) is 6.11. The van der Waals surface area contributed by atoms with Gasteiger partial charge in [-0.05, 0) is 29.5 Å². The van der Waals surface area contributed by atoms with Gasteiger partial charge in [0, 0.05) is 25.7 Å². The Morgan fingerprint density at radius 3 is 3.00 bits per heavy atom. The number of rotatable bonds is 7. The predicted molar refractivity (Wildman–Crippen MR) is 110 cm³/mol. The molecule has 2 aliphatic rings. The fourth-order valence-electron chi connectivity index (χ4n) is 2.59. The van der Waals surface area contributed by atoms with Crippen molar-refractivity contribution in [3.8, 4) is 5.75 Å². The van der Waals surface area contributed by atoms with Crippen LogP contribution in [0.5, 0.6) is 5.75 Å². The molecule has 2 fully saturated rings. The average Bonchev–Trinajstić information content (AvgIpc) is 3.08. The molecule has 0 bridgehead atoms. The third-order valence-electron chi connectivity index (χ3n) is 4.09. The zero-order valence-electron chi connectivity index (χ0n) is 16.0. The molecule has 0 saturated carbocycles. The topological polar surface area (TPSA) is 102 Å². The van der Waals surface area contributed by atoms with Crippen LogP contribution in [0.15, 0.2) is 45.4 Å². The van der Waals surface area contributed by atoms with Crippen molar-refractivity contribution < 1.29 is 23.8 Å². The Bertz CT molecular complexity index is 834. The van der Waals surface area contributed by atoms with Gasteiger partial charge in [-0.25, -0.2) is 4.79 Å². The number of esters is 1. The molecule has 0 radical (unpaired) electrons. The van der Waals surface area contributed by atoms with E-state index in [1.807, 2.05) is 24.3 Å². The molecule has 9 nitrogen and oxygen atoms in total. The monoisotopic (exact) mass is 418 g/mol. The standard InChI is InChI=1S/C19H22N4O5S/c1-26-17(24)12-16-18(25)21-19(29-16)22-20-13-14-3-2-4-15(11-14)28-10-7-23-5-8-27-9-6-23/h2-4,11-13H,5-10H2,1H3,(H,21,22,25)/b16-12+,20-13?. The van der Waals surface area contributed by atoms with Gasteiger partial charge in [-0.3, -0.25) is 15.0 Å². The first-order chi connectivity index (χ1) is 14.1. The Morgan fingerprint density at radius 1 is 1.38 bits per heavy atom. The van der Waals surface area contributed by atoms with Crippen molar-refractivity contribution in [2.45, 2.75) is 0 Å². The van der Waals surface area contributed by atoms with Crippen molar-refractivity contribution in [1.29, 1.82) is 0 Å². The van der Waals surface area contributed by atoms with Crippen LogP contribution in [0.1, 0.15) is 5.56 Å². The van der Waals surface area contributed by atoms with Crippen LogP contribution in [0, 0.1) is 0 Å². The number of amidine groups is 1. The second-order valence-corrected chi connectivity index (χ2v) is 7.14. The lowest BCUT2D eigenvalue weighted by Crippen LogP contribution is -2.38. The van der Waals surface area contributed by atoms with E-state index < -0.39 is 11.9 Å². The maximum Gasteiger partial charge on any atom is 0.331 e. The van der Waals surface area contributed by atoms with E-state index in [1.165, 1.54) is 7.11 Å². The molecule has 2 saturated heterocycles. The highest BCUT2D eigenvalue weighted by Gasteiger charge is 2.25. The number of ether oxygens (including phenoxy) is 3. The largest absolute Gasteiger partial charge is 0.492 e. The summed E-state index contributed by atoms with van der Waals surface area (Å²) in [5.74, 6) is -0.260. The van der Waals surface area contributed by atoms with Gasteiger partial charge in [-0.15, -0.1) is 5.10 Å². The van der Waals surface area contributed by atoms with Gasteiger partial charge in [0.05, 0.1) is 31.4 Å². The van der Waals surface area contributed by atoms with Gasteiger partial charge in [-0.1, -0.05) is 12.1 Å². The van der Waals surface area contributed by atoms with Gasteiger partial charge in [0.2, 0.25) is 0 Å². The van der Waals surface area contributed by atoms with Crippen LogP contribution in [0.2, 0.25) is 0 Å². The molecule has 0 unspecified atom stereocenters. The number of benzene rings is 1. The zero-order chi connectivity index (χ0) is 20.5. The molecule has 1 aromatic rings. The number of nitrogens with zero attached hydrogens (tertiary/aromatic N) is 3. The summed E-state index contributed by atoms with van der Waals surface area (Å²) < 4.78 is 15.7. The highest BCUT2D eigenvalue weighted by atomic mass is 32.2. The summed E-state index contributed by atoms with van der Waals surface area (Å²) in [6, 6.07) is 7.51. The van der Waals surface area contributed by atoms with Gasteiger partial charge in [0.15, 0.2) is 5.17 Å². The smallest absolute Gasteiger partial charge is 0.331 e. The van der Waals surface area contributed by atoms with Crippen LogP contribution in [0.4, 0.5) is 0 Å². The first-order valence-electron chi connectivity index (χ1n) is 9.07. The number of amides is 1. The molecular formula is C19H22N4O5S. The molecular weight excluding hydrogens is 396 g/mol. The van der Waals surface area contributed by atoms with Crippen LogP contribution < -0.4 is 10.1 Å². The Labute approximate surface area is 172 Å². The number of carbonyl (C=O) groups is 2. The summed E-state index contributed by atoms with van der Waals surface area (Å²) in [5, 5.41) is 10.8. The average molecular weight is 418 g/mol. The zero-order valence-corrected chi connectivity index (χ0v) is 16.8. The maximum atomic E-state index is 11.8. The van der Waals surface area contributed by atoms with Crippen LogP contribution in [-0.4, -0.2) is 74.7 Å². The first-order valence-corrected chi connectivity index (χ1v) is 9.88. The summed E-state index contributed by atoms with van der Waals surface area (Å²) in [7, 11) is 1.25. The molecule has 10 heteroatoms. The van der Waals surface area contributed by atoms with Gasteiger partial charge in [0.25, 0.3) is 5.91 Å². The van der Waals surface area contributed by atoms with Crippen molar-refractivity contribution in [3.63, 3.8) is 0 Å². The van der Waals surface area contributed by atoms with Crippen LogP contribution in [0.3, 0.4) is 0 Å². The summed E-state index contributed by atoms with van der Waals surface area (Å²) in [4.78, 5) is 25.5. The molecule has 0 aromatic heterocycles. The number of hydrogen-bond donors (Lipinski definition) is 1. The van der Waals surface area contributed by atoms with Gasteiger partial charge in [0.1, 0.15) is 12.4 Å². The van der Waals surface area contributed by atoms with E-state index in [4.69, 9.17) is 9.47 Å². The molecule has 0 spiro atoms. The molecule has 29 heavy (non-hydrogen) atoms. The molecule has 2 aliphatic heterocycles. The summed E-state index contributed by atoms with van der Waals surface area (Å²) >= 11 is 1.02. The number of methoxy groups -OCH3 is 1. The highest BCUT2D eigenvalue weighted by Crippen LogP contribution is 2.23. The fourth-order valence-corrected chi connectivity index (χ4v) is 3.33. The number of morpholine rings is 1. The molecule has 1 N–H and O–H groups in total. The van der Waals surface area contributed by atoms with E-state index in [9.17, 15) is 9.59 Å². The number of nitrogens with one attached hydrogen (secondary N) is 1. The summed E-state index contributed by atoms with van der Waals surface area (Å²) in [6.07, 6.45) is 2.68. The van der Waals surface area contributed by atoms with Crippen molar-refractivity contribution >= 4 is 35.0 Å². The molecule has 1 aromatic carbocycles. The van der Waals surface area contributed by atoms with E-state index in [2.05, 4.69) is 25.2 Å². The summed E-state index contributed by atoms with van der Waals surface area (Å²) in [5.41, 5.74) is 0.817. The van der Waals surface area contributed by atoms with E-state index in [1.54, 1.807) is 6.21 Å². The van der Waals surface area contributed by atoms with Crippen molar-refractivity contribution in [3.05, 3.63) is 40.8 Å². The first kappa shape index (κ1) is 21.0. The lowest BCUT2D eigenvalue weighted by atomic mass is 10.2. The Balaban J connectivity index is 1.51. The minimum atomic E-state index is -0.599. The lowest BCUT2D eigenvalue weighted by molar-refractivity contribution is -0.135. The Hall–Kier alpha value is -2.69. The number of thioether (sulfide) groups is 1.